The van der Waals surface area contributed by atoms with Gasteiger partial charge in [-0.1, -0.05) is 0 Å². The van der Waals surface area contributed by atoms with E-state index >= 15 is 0 Å². The molecule has 0 spiro atoms. The minimum Gasteiger partial charge on any atom is -0.303 e. The van der Waals surface area contributed by atoms with E-state index in [0.717, 1.165) is 5.56 Å². The van der Waals surface area contributed by atoms with E-state index in [4.69, 9.17) is 0 Å². The number of hydrogen-bond donors (Lipinski definition) is 1. The Hall–Kier alpha value is -1.62. The molecule has 0 atom stereocenters. The first kappa shape index (κ1) is 9.92. The molecular weight excluding hydrogens is 212 g/mol. The van der Waals surface area contributed by atoms with Gasteiger partial charge in [0, 0.05) is 6.54 Å². The van der Waals surface area contributed by atoms with Crippen molar-refractivity contribution in [2.45, 2.75) is 6.92 Å². The number of urea groups is 1. The highest BCUT2D eigenvalue weighted by Gasteiger charge is 2.31. The largest absolute Gasteiger partial charge is 0.328 e. The maximum Gasteiger partial charge on any atom is 0.328 e. The lowest BCUT2D eigenvalue weighted by Crippen LogP contribution is -2.30. The van der Waals surface area contributed by atoms with Gasteiger partial charge in [-0.25, -0.2) is 4.79 Å². The number of thiophene rings is 1. The number of imide groups is 1. The second-order valence-corrected chi connectivity index (χ2v) is 3.87. The zero-order valence-electron chi connectivity index (χ0n) is 8.19. The van der Waals surface area contributed by atoms with Gasteiger partial charge in [-0.3, -0.25) is 9.69 Å². The van der Waals surface area contributed by atoms with Gasteiger partial charge in [-0.05, 0) is 35.4 Å². The highest BCUT2D eigenvalue weighted by Crippen LogP contribution is 2.15. The summed E-state index contributed by atoms with van der Waals surface area (Å²) in [5, 5.41) is 6.39. The Labute approximate surface area is 91.2 Å². The number of likely N-dealkylation sites (N-methyl/N-ethyl adjacent to an activating group) is 1. The summed E-state index contributed by atoms with van der Waals surface area (Å²) < 4.78 is 0. The van der Waals surface area contributed by atoms with E-state index < -0.39 is 0 Å². The van der Waals surface area contributed by atoms with Crippen molar-refractivity contribution in [1.82, 2.24) is 10.2 Å². The van der Waals surface area contributed by atoms with Crippen LogP contribution in [0.3, 0.4) is 0 Å². The molecule has 15 heavy (non-hydrogen) atoms. The number of hydrogen-bond acceptors (Lipinski definition) is 3. The van der Waals surface area contributed by atoms with Crippen molar-refractivity contribution >= 4 is 29.4 Å². The van der Waals surface area contributed by atoms with E-state index in [1.54, 1.807) is 24.3 Å². The predicted octanol–water partition coefficient (Wildman–Crippen LogP) is 1.66. The molecule has 0 radical (unpaired) electrons. The zero-order valence-corrected chi connectivity index (χ0v) is 9.00. The molecule has 1 aromatic rings. The fraction of sp³-hybridized carbons (Fsp3) is 0.200. The average molecular weight is 222 g/mol. The first-order valence-corrected chi connectivity index (χ1v) is 5.53. The quantitative estimate of drug-likeness (QED) is 0.611. The molecule has 0 bridgehead atoms. The Bertz CT molecular complexity index is 423. The van der Waals surface area contributed by atoms with Crippen molar-refractivity contribution in [3.63, 3.8) is 0 Å². The fourth-order valence-electron chi connectivity index (χ4n) is 1.38. The number of amides is 3. The van der Waals surface area contributed by atoms with Crippen molar-refractivity contribution in [2.24, 2.45) is 0 Å². The number of rotatable bonds is 2. The van der Waals surface area contributed by atoms with Crippen LogP contribution in [0.2, 0.25) is 0 Å². The van der Waals surface area contributed by atoms with Crippen molar-refractivity contribution < 1.29 is 9.59 Å². The molecule has 2 heterocycles. The third-order valence-corrected chi connectivity index (χ3v) is 2.83. The third-order valence-electron chi connectivity index (χ3n) is 2.13. The van der Waals surface area contributed by atoms with Crippen LogP contribution >= 0.6 is 11.3 Å². The van der Waals surface area contributed by atoms with E-state index in [2.05, 4.69) is 5.32 Å². The van der Waals surface area contributed by atoms with Crippen LogP contribution in [-0.2, 0) is 4.79 Å². The summed E-state index contributed by atoms with van der Waals surface area (Å²) in [6.07, 6.45) is 1.69. The molecule has 78 valence electrons. The Kier molecular flexibility index (Phi) is 2.55. The average Bonchev–Trinajstić information content (AvgIpc) is 2.78. The van der Waals surface area contributed by atoms with Crippen LogP contribution in [-0.4, -0.2) is 23.4 Å². The van der Waals surface area contributed by atoms with Crippen LogP contribution in [0, 0.1) is 0 Å². The predicted molar refractivity (Wildman–Crippen MR) is 58.2 cm³/mol. The molecule has 4 nitrogen and oxygen atoms in total. The molecule has 1 aromatic heterocycles. The number of nitrogens with one attached hydrogen (secondary N) is 1. The maximum absolute atomic E-state index is 11.7. The maximum atomic E-state index is 11.7. The first-order chi connectivity index (χ1) is 7.22. The van der Waals surface area contributed by atoms with Crippen molar-refractivity contribution in [1.29, 1.82) is 0 Å². The summed E-state index contributed by atoms with van der Waals surface area (Å²) in [4.78, 5) is 24.1. The fourth-order valence-corrected chi connectivity index (χ4v) is 2.00. The van der Waals surface area contributed by atoms with Crippen LogP contribution in [0.15, 0.2) is 22.5 Å². The molecule has 1 saturated heterocycles. The van der Waals surface area contributed by atoms with Gasteiger partial charge in [0.05, 0.1) is 0 Å². The van der Waals surface area contributed by atoms with Crippen molar-refractivity contribution in [2.75, 3.05) is 6.54 Å². The first-order valence-electron chi connectivity index (χ1n) is 4.59. The van der Waals surface area contributed by atoms with Gasteiger partial charge in [-0.15, -0.1) is 0 Å². The molecular formula is C10H10N2O2S. The number of carbonyl (C=O) groups excluding carboxylic acids is 2. The van der Waals surface area contributed by atoms with Crippen molar-refractivity contribution in [3.8, 4) is 0 Å². The van der Waals surface area contributed by atoms with E-state index in [0.29, 0.717) is 12.2 Å². The van der Waals surface area contributed by atoms with Gasteiger partial charge in [0.1, 0.15) is 5.70 Å². The standard InChI is InChI=1S/C10H10N2O2S/c1-2-12-9(13)8(11-10(12)14)5-7-3-4-15-6-7/h3-6H,2H2,1H3,(H,11,14)/b8-5-. The monoisotopic (exact) mass is 222 g/mol. The van der Waals surface area contributed by atoms with Gasteiger partial charge in [-0.2, -0.15) is 11.3 Å². The highest BCUT2D eigenvalue weighted by molar-refractivity contribution is 7.08. The van der Waals surface area contributed by atoms with Gasteiger partial charge >= 0.3 is 6.03 Å². The van der Waals surface area contributed by atoms with Crippen LogP contribution < -0.4 is 5.32 Å². The molecule has 1 N–H and O–H groups in total. The van der Waals surface area contributed by atoms with E-state index in [1.165, 1.54) is 4.90 Å². The van der Waals surface area contributed by atoms with Crippen LogP contribution in [0.1, 0.15) is 12.5 Å². The van der Waals surface area contributed by atoms with E-state index in [9.17, 15) is 9.59 Å². The molecule has 3 amide bonds. The van der Waals surface area contributed by atoms with Crippen LogP contribution in [0.5, 0.6) is 0 Å². The summed E-state index contributed by atoms with van der Waals surface area (Å²) in [5.74, 6) is -0.256. The minimum absolute atomic E-state index is 0.256. The highest BCUT2D eigenvalue weighted by atomic mass is 32.1. The normalized spacial score (nSPS) is 18.7. The summed E-state index contributed by atoms with van der Waals surface area (Å²) >= 11 is 1.55. The van der Waals surface area contributed by atoms with E-state index in [1.807, 2.05) is 16.8 Å². The third kappa shape index (κ3) is 1.78. The minimum atomic E-state index is -0.344. The molecule has 0 saturated carbocycles. The van der Waals surface area contributed by atoms with Gasteiger partial charge in [0.25, 0.3) is 5.91 Å². The molecule has 1 aliphatic rings. The zero-order chi connectivity index (χ0) is 10.8. The Morgan fingerprint density at radius 1 is 1.53 bits per heavy atom. The second-order valence-electron chi connectivity index (χ2n) is 3.09. The summed E-state index contributed by atoms with van der Waals surface area (Å²) in [5.41, 5.74) is 1.28. The summed E-state index contributed by atoms with van der Waals surface area (Å²) in [6, 6.07) is 1.55. The Morgan fingerprint density at radius 2 is 2.33 bits per heavy atom. The molecule has 0 aliphatic carbocycles. The van der Waals surface area contributed by atoms with Crippen LogP contribution in [0.4, 0.5) is 4.79 Å². The molecule has 1 fully saturated rings. The van der Waals surface area contributed by atoms with Gasteiger partial charge < -0.3 is 5.32 Å². The summed E-state index contributed by atoms with van der Waals surface area (Å²) in [6.45, 7) is 2.16. The molecule has 2 rings (SSSR count). The molecule has 1 aliphatic heterocycles. The smallest absolute Gasteiger partial charge is 0.303 e. The SMILES string of the molecule is CCN1C(=O)N/C(=C\c2ccsc2)C1=O. The van der Waals surface area contributed by atoms with Gasteiger partial charge in [0.15, 0.2) is 0 Å². The lowest BCUT2D eigenvalue weighted by atomic mass is 10.2. The second kappa shape index (κ2) is 3.86. The van der Waals surface area contributed by atoms with Crippen molar-refractivity contribution in [3.05, 3.63) is 28.1 Å². The van der Waals surface area contributed by atoms with Crippen LogP contribution in [0.25, 0.3) is 6.08 Å². The van der Waals surface area contributed by atoms with E-state index in [-0.39, 0.29) is 11.9 Å². The topological polar surface area (TPSA) is 49.4 Å². The molecule has 0 aromatic carbocycles. The Morgan fingerprint density at radius 3 is 2.87 bits per heavy atom. The number of nitrogens with zero attached hydrogens (tertiary/aromatic N) is 1. The Balaban J connectivity index is 2.26. The van der Waals surface area contributed by atoms with Gasteiger partial charge in [0.2, 0.25) is 0 Å². The lowest BCUT2D eigenvalue weighted by Gasteiger charge is -2.05. The summed E-state index contributed by atoms with van der Waals surface area (Å²) in [7, 11) is 0. The number of carbonyl (C=O) groups is 2. The molecule has 5 heteroatoms. The molecule has 0 unspecified atom stereocenters. The lowest BCUT2D eigenvalue weighted by molar-refractivity contribution is -0.122.